The molecule has 0 spiro atoms. The molecular formula is C21H18N4O. The molecule has 0 saturated heterocycles. The molecule has 128 valence electrons. The third-order valence-corrected chi connectivity index (χ3v) is 4.35. The zero-order chi connectivity index (χ0) is 17.9. The highest BCUT2D eigenvalue weighted by atomic mass is 16.2. The summed E-state index contributed by atoms with van der Waals surface area (Å²) < 4.78 is 1.80. The molecule has 0 aliphatic carbocycles. The predicted molar refractivity (Wildman–Crippen MR) is 101 cm³/mol. The molecule has 0 fully saturated rings. The number of rotatable bonds is 4. The summed E-state index contributed by atoms with van der Waals surface area (Å²) in [5.74, 6) is -0.0852. The van der Waals surface area contributed by atoms with Crippen LogP contribution in [0.25, 0.3) is 16.5 Å². The molecule has 2 heterocycles. The zero-order valence-electron chi connectivity index (χ0n) is 14.4. The molecule has 0 N–H and O–H groups in total. The van der Waals surface area contributed by atoms with Gasteiger partial charge < -0.3 is 4.90 Å². The first-order valence-corrected chi connectivity index (χ1v) is 8.40. The molecule has 0 bridgehead atoms. The fraction of sp³-hybridized carbons (Fsp3) is 0.0952. The van der Waals surface area contributed by atoms with E-state index >= 15 is 0 Å². The lowest BCUT2D eigenvalue weighted by molar-refractivity contribution is 0.0781. The summed E-state index contributed by atoms with van der Waals surface area (Å²) in [4.78, 5) is 18.9. The van der Waals surface area contributed by atoms with Crippen molar-refractivity contribution >= 4 is 16.7 Å². The van der Waals surface area contributed by atoms with Crippen LogP contribution in [0, 0.1) is 0 Å². The Morgan fingerprint density at radius 2 is 1.81 bits per heavy atom. The number of hydrogen-bond acceptors (Lipinski definition) is 3. The molecule has 0 atom stereocenters. The number of benzene rings is 2. The minimum absolute atomic E-state index is 0.0852. The molecule has 2 aromatic carbocycles. The smallest absolute Gasteiger partial charge is 0.273 e. The van der Waals surface area contributed by atoms with Gasteiger partial charge in [0.1, 0.15) is 5.69 Å². The fourth-order valence-electron chi connectivity index (χ4n) is 2.99. The summed E-state index contributed by atoms with van der Waals surface area (Å²) >= 11 is 0. The Balaban J connectivity index is 1.54. The number of amides is 1. The molecule has 5 nitrogen and oxygen atoms in total. The van der Waals surface area contributed by atoms with Crippen molar-refractivity contribution in [1.29, 1.82) is 0 Å². The van der Waals surface area contributed by atoms with Gasteiger partial charge in [-0.15, -0.1) is 0 Å². The van der Waals surface area contributed by atoms with Crippen molar-refractivity contribution in [2.24, 2.45) is 0 Å². The van der Waals surface area contributed by atoms with Gasteiger partial charge >= 0.3 is 0 Å². The van der Waals surface area contributed by atoms with E-state index in [1.807, 2.05) is 66.9 Å². The SMILES string of the molecule is CN(Cc1ccc(-n2cccn2)cc1)C(=O)c1nccc2ccccc12. The van der Waals surface area contributed by atoms with E-state index in [9.17, 15) is 4.79 Å². The van der Waals surface area contributed by atoms with E-state index < -0.39 is 0 Å². The standard InChI is InChI=1S/C21H18N4O/c1-24(15-16-7-9-18(10-8-16)25-14-4-12-23-25)21(26)20-19-6-3-2-5-17(19)11-13-22-20/h2-14H,15H2,1H3. The Morgan fingerprint density at radius 3 is 2.58 bits per heavy atom. The van der Waals surface area contributed by atoms with Crippen LogP contribution in [0.3, 0.4) is 0 Å². The van der Waals surface area contributed by atoms with Crippen LogP contribution in [0.1, 0.15) is 16.1 Å². The highest BCUT2D eigenvalue weighted by molar-refractivity contribution is 6.04. The van der Waals surface area contributed by atoms with Crippen LogP contribution in [-0.2, 0) is 6.54 Å². The average molecular weight is 342 g/mol. The number of fused-ring (bicyclic) bond motifs is 1. The molecular weight excluding hydrogens is 324 g/mol. The Hall–Kier alpha value is -3.47. The van der Waals surface area contributed by atoms with Crippen LogP contribution in [0.5, 0.6) is 0 Å². The molecule has 5 heteroatoms. The van der Waals surface area contributed by atoms with Crippen molar-refractivity contribution in [1.82, 2.24) is 19.7 Å². The molecule has 2 aromatic heterocycles. The topological polar surface area (TPSA) is 51.0 Å². The maximum absolute atomic E-state index is 12.9. The number of carbonyl (C=O) groups is 1. The van der Waals surface area contributed by atoms with Gasteiger partial charge in [-0.25, -0.2) is 4.68 Å². The van der Waals surface area contributed by atoms with Gasteiger partial charge in [0.15, 0.2) is 0 Å². The van der Waals surface area contributed by atoms with Crippen molar-refractivity contribution in [2.75, 3.05) is 7.05 Å². The summed E-state index contributed by atoms with van der Waals surface area (Å²) in [6, 6.07) is 19.6. The monoisotopic (exact) mass is 342 g/mol. The van der Waals surface area contributed by atoms with Gasteiger partial charge in [0.2, 0.25) is 0 Å². The van der Waals surface area contributed by atoms with E-state index in [1.165, 1.54) is 0 Å². The minimum Gasteiger partial charge on any atom is -0.336 e. The molecule has 4 aromatic rings. The summed E-state index contributed by atoms with van der Waals surface area (Å²) in [5.41, 5.74) is 2.53. The molecule has 0 aliphatic rings. The Labute approximate surface area is 151 Å². The van der Waals surface area contributed by atoms with Crippen molar-refractivity contribution in [3.63, 3.8) is 0 Å². The molecule has 0 radical (unpaired) electrons. The first-order chi connectivity index (χ1) is 12.7. The normalized spacial score (nSPS) is 10.8. The van der Waals surface area contributed by atoms with Gasteiger partial charge in [0, 0.05) is 37.6 Å². The molecule has 1 amide bonds. The lowest BCUT2D eigenvalue weighted by Gasteiger charge is -2.18. The maximum atomic E-state index is 12.9. The number of pyridine rings is 1. The van der Waals surface area contributed by atoms with E-state index in [0.29, 0.717) is 12.2 Å². The Kier molecular flexibility index (Phi) is 4.19. The van der Waals surface area contributed by atoms with E-state index in [-0.39, 0.29) is 5.91 Å². The van der Waals surface area contributed by atoms with Gasteiger partial charge in [-0.05, 0) is 35.2 Å². The number of hydrogen-bond donors (Lipinski definition) is 0. The highest BCUT2D eigenvalue weighted by Gasteiger charge is 2.16. The van der Waals surface area contributed by atoms with Crippen LogP contribution in [0.4, 0.5) is 0 Å². The summed E-state index contributed by atoms with van der Waals surface area (Å²) in [6.07, 6.45) is 5.33. The van der Waals surface area contributed by atoms with Gasteiger partial charge in [0.05, 0.1) is 5.69 Å². The van der Waals surface area contributed by atoms with Crippen molar-refractivity contribution < 1.29 is 4.79 Å². The Bertz CT molecular complexity index is 1030. The largest absolute Gasteiger partial charge is 0.336 e. The second kappa shape index (κ2) is 6.80. The van der Waals surface area contributed by atoms with Gasteiger partial charge in [-0.2, -0.15) is 5.10 Å². The first kappa shape index (κ1) is 16.0. The van der Waals surface area contributed by atoms with Crippen LogP contribution in [0.2, 0.25) is 0 Å². The molecule has 26 heavy (non-hydrogen) atoms. The second-order valence-corrected chi connectivity index (χ2v) is 6.16. The quantitative estimate of drug-likeness (QED) is 0.568. The van der Waals surface area contributed by atoms with Crippen molar-refractivity contribution in [3.8, 4) is 5.69 Å². The van der Waals surface area contributed by atoms with Gasteiger partial charge in [-0.1, -0.05) is 36.4 Å². The summed E-state index contributed by atoms with van der Waals surface area (Å²) in [6.45, 7) is 0.517. The van der Waals surface area contributed by atoms with Gasteiger partial charge in [0.25, 0.3) is 5.91 Å². The fourth-order valence-corrected chi connectivity index (χ4v) is 2.99. The van der Waals surface area contributed by atoms with Crippen LogP contribution < -0.4 is 0 Å². The van der Waals surface area contributed by atoms with Crippen molar-refractivity contribution in [3.05, 3.63) is 90.5 Å². The lowest BCUT2D eigenvalue weighted by atomic mass is 10.1. The Morgan fingerprint density at radius 1 is 1.00 bits per heavy atom. The third kappa shape index (κ3) is 3.07. The molecule has 0 aliphatic heterocycles. The molecule has 4 rings (SSSR count). The third-order valence-electron chi connectivity index (χ3n) is 4.35. The first-order valence-electron chi connectivity index (χ1n) is 8.40. The van der Waals surface area contributed by atoms with Crippen LogP contribution in [-0.4, -0.2) is 32.6 Å². The number of nitrogens with zero attached hydrogens (tertiary/aromatic N) is 4. The van der Waals surface area contributed by atoms with E-state index in [2.05, 4.69) is 10.1 Å². The highest BCUT2D eigenvalue weighted by Crippen LogP contribution is 2.18. The van der Waals surface area contributed by atoms with Crippen LogP contribution >= 0.6 is 0 Å². The maximum Gasteiger partial charge on any atom is 0.273 e. The minimum atomic E-state index is -0.0852. The number of aromatic nitrogens is 3. The summed E-state index contributed by atoms with van der Waals surface area (Å²) in [7, 11) is 1.80. The molecule has 0 saturated carbocycles. The molecule has 0 unspecified atom stereocenters. The number of carbonyl (C=O) groups excluding carboxylic acids is 1. The van der Waals surface area contributed by atoms with Crippen LogP contribution in [0.15, 0.2) is 79.3 Å². The predicted octanol–water partition coefficient (Wildman–Crippen LogP) is 3.69. The zero-order valence-corrected chi connectivity index (χ0v) is 14.4. The average Bonchev–Trinajstić information content (AvgIpc) is 3.22. The lowest BCUT2D eigenvalue weighted by Crippen LogP contribution is -2.27. The van der Waals surface area contributed by atoms with Gasteiger partial charge in [-0.3, -0.25) is 9.78 Å². The van der Waals surface area contributed by atoms with E-state index in [4.69, 9.17) is 0 Å². The second-order valence-electron chi connectivity index (χ2n) is 6.16. The van der Waals surface area contributed by atoms with E-state index in [1.54, 1.807) is 29.0 Å². The summed E-state index contributed by atoms with van der Waals surface area (Å²) in [5, 5.41) is 6.11. The van der Waals surface area contributed by atoms with E-state index in [0.717, 1.165) is 22.0 Å². The van der Waals surface area contributed by atoms with Crippen molar-refractivity contribution in [2.45, 2.75) is 6.54 Å².